The fourth-order valence-electron chi connectivity index (χ4n) is 1.31. The zero-order chi connectivity index (χ0) is 13.1. The Bertz CT molecular complexity index is 581. The summed E-state index contributed by atoms with van der Waals surface area (Å²) >= 11 is 0. The van der Waals surface area contributed by atoms with E-state index in [-0.39, 0.29) is 11.4 Å². The molecule has 2 N–H and O–H groups in total. The van der Waals surface area contributed by atoms with E-state index < -0.39 is 5.97 Å². The maximum atomic E-state index is 11.4. The quantitative estimate of drug-likeness (QED) is 0.765. The number of esters is 1. The van der Waals surface area contributed by atoms with Gasteiger partial charge in [-0.2, -0.15) is 10.1 Å². The number of carbonyl (C=O) groups excluding carboxylic acids is 1. The first kappa shape index (κ1) is 11.8. The molecule has 8 nitrogen and oxygen atoms in total. The molecule has 2 aromatic rings. The Morgan fingerprint density at radius 1 is 1.39 bits per heavy atom. The van der Waals surface area contributed by atoms with E-state index in [0.717, 1.165) is 0 Å². The van der Waals surface area contributed by atoms with Gasteiger partial charge >= 0.3 is 5.97 Å². The first-order valence-corrected chi connectivity index (χ1v) is 4.95. The van der Waals surface area contributed by atoms with Crippen molar-refractivity contribution in [3.8, 4) is 11.7 Å². The molecule has 2 heterocycles. The van der Waals surface area contributed by atoms with E-state index >= 15 is 0 Å². The van der Waals surface area contributed by atoms with E-state index in [0.29, 0.717) is 11.7 Å². The molecule has 0 unspecified atom stereocenters. The SMILES string of the molecule is COC(=O)c1nn(-c2cncc(OC)n2)cc1N. The lowest BCUT2D eigenvalue weighted by Gasteiger charge is -2.01. The van der Waals surface area contributed by atoms with Crippen molar-refractivity contribution in [1.82, 2.24) is 19.7 Å². The summed E-state index contributed by atoms with van der Waals surface area (Å²) in [6, 6.07) is 0. The van der Waals surface area contributed by atoms with Gasteiger partial charge in [0.1, 0.15) is 0 Å². The van der Waals surface area contributed by atoms with Crippen molar-refractivity contribution in [1.29, 1.82) is 0 Å². The lowest BCUT2D eigenvalue weighted by atomic mass is 10.4. The summed E-state index contributed by atoms with van der Waals surface area (Å²) in [6.45, 7) is 0. The second-order valence-electron chi connectivity index (χ2n) is 3.29. The predicted molar refractivity (Wildman–Crippen MR) is 61.5 cm³/mol. The van der Waals surface area contributed by atoms with Crippen molar-refractivity contribution < 1.29 is 14.3 Å². The summed E-state index contributed by atoms with van der Waals surface area (Å²) < 4.78 is 10.8. The second kappa shape index (κ2) is 4.70. The maximum Gasteiger partial charge on any atom is 0.360 e. The van der Waals surface area contributed by atoms with Gasteiger partial charge in [-0.15, -0.1) is 0 Å². The first-order valence-electron chi connectivity index (χ1n) is 4.95. The van der Waals surface area contributed by atoms with Gasteiger partial charge < -0.3 is 15.2 Å². The van der Waals surface area contributed by atoms with Crippen LogP contribution in [0.15, 0.2) is 18.6 Å². The largest absolute Gasteiger partial charge is 0.480 e. The Hall–Kier alpha value is -2.64. The summed E-state index contributed by atoms with van der Waals surface area (Å²) in [7, 11) is 2.73. The number of anilines is 1. The highest BCUT2D eigenvalue weighted by atomic mass is 16.5. The third-order valence-corrected chi connectivity index (χ3v) is 2.16. The van der Waals surface area contributed by atoms with Crippen LogP contribution < -0.4 is 10.5 Å². The molecule has 0 saturated heterocycles. The van der Waals surface area contributed by atoms with Gasteiger partial charge in [-0.1, -0.05) is 0 Å². The summed E-state index contributed by atoms with van der Waals surface area (Å²) in [5, 5.41) is 3.99. The Morgan fingerprint density at radius 2 is 2.17 bits per heavy atom. The smallest absolute Gasteiger partial charge is 0.360 e. The van der Waals surface area contributed by atoms with Crippen LogP contribution in [-0.2, 0) is 4.74 Å². The van der Waals surface area contributed by atoms with Crippen molar-refractivity contribution in [2.24, 2.45) is 0 Å². The van der Waals surface area contributed by atoms with Crippen LogP contribution in [0.2, 0.25) is 0 Å². The maximum absolute atomic E-state index is 11.4. The number of nitrogens with two attached hydrogens (primary N) is 1. The number of hydrogen-bond acceptors (Lipinski definition) is 7. The molecular weight excluding hydrogens is 238 g/mol. The van der Waals surface area contributed by atoms with E-state index in [1.54, 1.807) is 0 Å². The fraction of sp³-hybridized carbons (Fsp3) is 0.200. The zero-order valence-electron chi connectivity index (χ0n) is 9.82. The van der Waals surface area contributed by atoms with E-state index in [9.17, 15) is 4.79 Å². The molecule has 18 heavy (non-hydrogen) atoms. The number of ether oxygens (including phenoxy) is 2. The van der Waals surface area contributed by atoms with Gasteiger partial charge in [0.15, 0.2) is 11.5 Å². The number of aromatic nitrogens is 4. The van der Waals surface area contributed by atoms with Crippen molar-refractivity contribution in [3.05, 3.63) is 24.3 Å². The number of hydrogen-bond donors (Lipinski definition) is 1. The van der Waals surface area contributed by atoms with Gasteiger partial charge in [-0.05, 0) is 0 Å². The molecule has 0 aliphatic rings. The van der Waals surface area contributed by atoms with Crippen LogP contribution in [0.25, 0.3) is 5.82 Å². The molecule has 0 aromatic carbocycles. The van der Waals surface area contributed by atoms with Crippen LogP contribution in [0.5, 0.6) is 5.88 Å². The van der Waals surface area contributed by atoms with Gasteiger partial charge in [0.25, 0.3) is 0 Å². The van der Waals surface area contributed by atoms with Gasteiger partial charge in [-0.3, -0.25) is 4.98 Å². The second-order valence-corrected chi connectivity index (χ2v) is 3.29. The molecule has 0 radical (unpaired) electrons. The molecule has 2 aromatic heterocycles. The molecule has 0 aliphatic carbocycles. The molecule has 0 bridgehead atoms. The summed E-state index contributed by atoms with van der Waals surface area (Å²) in [5.41, 5.74) is 5.89. The lowest BCUT2D eigenvalue weighted by Crippen LogP contribution is -2.06. The summed E-state index contributed by atoms with van der Waals surface area (Å²) in [6.07, 6.45) is 4.38. The number of nitrogens with zero attached hydrogens (tertiary/aromatic N) is 4. The minimum atomic E-state index is -0.609. The van der Waals surface area contributed by atoms with Gasteiger partial charge in [0.2, 0.25) is 5.88 Å². The van der Waals surface area contributed by atoms with Crippen LogP contribution in [0.4, 0.5) is 5.69 Å². The third kappa shape index (κ3) is 2.08. The van der Waals surface area contributed by atoms with Crippen molar-refractivity contribution in [3.63, 3.8) is 0 Å². The highest BCUT2D eigenvalue weighted by molar-refractivity contribution is 5.92. The Labute approximate surface area is 102 Å². The lowest BCUT2D eigenvalue weighted by molar-refractivity contribution is 0.0594. The minimum absolute atomic E-state index is 0.0297. The molecule has 8 heteroatoms. The molecular formula is C10H11N5O3. The van der Waals surface area contributed by atoms with Crippen LogP contribution >= 0.6 is 0 Å². The van der Waals surface area contributed by atoms with Crippen LogP contribution in [0.1, 0.15) is 10.5 Å². The zero-order valence-corrected chi connectivity index (χ0v) is 9.82. The van der Waals surface area contributed by atoms with Gasteiger partial charge in [0, 0.05) is 0 Å². The standard InChI is InChI=1S/C10H11N5O3/c1-17-8-4-12-3-7(13-8)15-5-6(11)9(14-15)10(16)18-2/h3-5H,11H2,1-2H3. The highest BCUT2D eigenvalue weighted by Gasteiger charge is 2.16. The molecule has 0 saturated carbocycles. The van der Waals surface area contributed by atoms with E-state index in [4.69, 9.17) is 10.5 Å². The molecule has 2 rings (SSSR count). The Morgan fingerprint density at radius 3 is 2.83 bits per heavy atom. The molecule has 0 atom stereocenters. The van der Waals surface area contributed by atoms with E-state index in [2.05, 4.69) is 19.8 Å². The molecule has 0 aliphatic heterocycles. The Kier molecular flexibility index (Phi) is 3.09. The van der Waals surface area contributed by atoms with E-state index in [1.165, 1.54) is 37.5 Å². The number of rotatable bonds is 3. The predicted octanol–water partition coefficient (Wildman–Crippen LogP) is 0.0397. The summed E-state index contributed by atoms with van der Waals surface area (Å²) in [5.74, 6) is 0.111. The third-order valence-electron chi connectivity index (χ3n) is 2.16. The van der Waals surface area contributed by atoms with Crippen LogP contribution in [0, 0.1) is 0 Å². The van der Waals surface area contributed by atoms with E-state index in [1.807, 2.05) is 0 Å². The number of carbonyl (C=O) groups is 1. The van der Waals surface area contributed by atoms with Crippen LogP contribution in [-0.4, -0.2) is 39.9 Å². The number of nitrogen functional groups attached to an aromatic ring is 1. The normalized spacial score (nSPS) is 10.1. The minimum Gasteiger partial charge on any atom is -0.480 e. The first-order chi connectivity index (χ1) is 8.65. The average Bonchev–Trinajstić information content (AvgIpc) is 2.80. The molecule has 0 amide bonds. The molecule has 94 valence electrons. The highest BCUT2D eigenvalue weighted by Crippen LogP contribution is 2.14. The average molecular weight is 249 g/mol. The fourth-order valence-corrected chi connectivity index (χ4v) is 1.31. The number of methoxy groups -OCH3 is 2. The van der Waals surface area contributed by atoms with Gasteiger partial charge in [-0.25, -0.2) is 9.48 Å². The Balaban J connectivity index is 2.42. The van der Waals surface area contributed by atoms with Crippen molar-refractivity contribution in [2.75, 3.05) is 20.0 Å². The van der Waals surface area contributed by atoms with Crippen molar-refractivity contribution >= 4 is 11.7 Å². The summed E-state index contributed by atoms with van der Waals surface area (Å²) in [4.78, 5) is 19.4. The van der Waals surface area contributed by atoms with Crippen LogP contribution in [0.3, 0.4) is 0 Å². The topological polar surface area (TPSA) is 105 Å². The molecule has 0 spiro atoms. The van der Waals surface area contributed by atoms with Crippen molar-refractivity contribution in [2.45, 2.75) is 0 Å². The molecule has 0 fully saturated rings. The van der Waals surface area contributed by atoms with Gasteiger partial charge in [0.05, 0.1) is 38.5 Å². The monoisotopic (exact) mass is 249 g/mol.